The second kappa shape index (κ2) is 10.0. The number of nitrogens with zero attached hydrogens (tertiary/aromatic N) is 2. The average Bonchev–Trinajstić information content (AvgIpc) is 3.06. The van der Waals surface area contributed by atoms with Crippen molar-refractivity contribution in [2.24, 2.45) is 0 Å². The van der Waals surface area contributed by atoms with Crippen LogP contribution in [0.15, 0.2) is 58.8 Å². The fraction of sp³-hybridized carbons (Fsp3) is 0.364. The molecule has 0 amide bonds. The van der Waals surface area contributed by atoms with Crippen LogP contribution in [0.3, 0.4) is 0 Å². The molecule has 0 saturated carbocycles. The lowest BCUT2D eigenvalue weighted by atomic mass is 10.1. The minimum Gasteiger partial charge on any atom is -0.465 e. The minimum atomic E-state index is -3.53. The Morgan fingerprint density at radius 3 is 2.34 bits per heavy atom. The van der Waals surface area contributed by atoms with E-state index in [0.29, 0.717) is 37.7 Å². The molecule has 2 aliphatic heterocycles. The van der Waals surface area contributed by atoms with Crippen LogP contribution in [0.4, 0.5) is 11.4 Å². The maximum absolute atomic E-state index is 12.8. The lowest BCUT2D eigenvalue weighted by molar-refractivity contribution is -0.139. The molecule has 0 atom stereocenters. The van der Waals surface area contributed by atoms with E-state index in [1.54, 1.807) is 37.4 Å². The molecule has 1 fully saturated rings. The molecule has 1 saturated heterocycles. The summed E-state index contributed by atoms with van der Waals surface area (Å²) in [6.45, 7) is 3.77. The van der Waals surface area contributed by atoms with Crippen LogP contribution >= 0.6 is 0 Å². The van der Waals surface area contributed by atoms with Crippen molar-refractivity contribution in [3.8, 4) is 0 Å². The van der Waals surface area contributed by atoms with Gasteiger partial charge >= 0.3 is 11.9 Å². The Hall–Kier alpha value is -3.11. The molecule has 0 unspecified atom stereocenters. The van der Waals surface area contributed by atoms with Gasteiger partial charge in [0.1, 0.15) is 5.70 Å². The Kier molecular flexibility index (Phi) is 7.37. The van der Waals surface area contributed by atoms with E-state index in [0.717, 1.165) is 0 Å². The zero-order valence-electron chi connectivity index (χ0n) is 18.2. The maximum Gasteiger partial charge on any atom is 0.355 e. The first-order valence-corrected chi connectivity index (χ1v) is 11.7. The molecular weight excluding hydrogens is 436 g/mol. The fourth-order valence-electron chi connectivity index (χ4n) is 3.48. The molecule has 1 aromatic carbocycles. The number of hydrogen-bond acceptors (Lipinski definition) is 9. The molecule has 172 valence electrons. The molecule has 32 heavy (non-hydrogen) atoms. The number of carbonyl (C=O) groups excluding carboxylic acids is 2. The highest BCUT2D eigenvalue weighted by atomic mass is 32.2. The van der Waals surface area contributed by atoms with Crippen LogP contribution in [0.2, 0.25) is 0 Å². The summed E-state index contributed by atoms with van der Waals surface area (Å²) < 4.78 is 40.5. The molecule has 0 N–H and O–H groups in total. The number of esters is 2. The largest absolute Gasteiger partial charge is 0.465 e. The van der Waals surface area contributed by atoms with E-state index in [1.807, 2.05) is 4.90 Å². The number of morpholine rings is 1. The zero-order chi connectivity index (χ0) is 23.3. The summed E-state index contributed by atoms with van der Waals surface area (Å²) in [6, 6.07) is 4.77. The Bertz CT molecular complexity index is 1080. The van der Waals surface area contributed by atoms with Crippen molar-refractivity contribution in [3.05, 3.63) is 53.9 Å². The van der Waals surface area contributed by atoms with E-state index in [-0.39, 0.29) is 21.9 Å². The molecule has 0 radical (unpaired) electrons. The third kappa shape index (κ3) is 4.71. The monoisotopic (exact) mass is 462 g/mol. The van der Waals surface area contributed by atoms with Crippen LogP contribution in [0, 0.1) is 0 Å². The van der Waals surface area contributed by atoms with E-state index in [1.165, 1.54) is 31.3 Å². The molecule has 2 heterocycles. The van der Waals surface area contributed by atoms with Gasteiger partial charge in [-0.15, -0.1) is 0 Å². The molecule has 9 nitrogen and oxygen atoms in total. The van der Waals surface area contributed by atoms with E-state index < -0.39 is 21.8 Å². The van der Waals surface area contributed by atoms with Crippen LogP contribution in [0.1, 0.15) is 6.92 Å². The first-order chi connectivity index (χ1) is 15.3. The summed E-state index contributed by atoms with van der Waals surface area (Å²) in [5.41, 5.74) is 1.02. The lowest BCUT2D eigenvalue weighted by Gasteiger charge is -2.34. The molecule has 0 aromatic heterocycles. The van der Waals surface area contributed by atoms with E-state index in [4.69, 9.17) is 14.2 Å². The Labute approximate surface area is 187 Å². The van der Waals surface area contributed by atoms with Crippen LogP contribution in [0.5, 0.6) is 0 Å². The molecular formula is C22H26N2O7S. The molecule has 10 heteroatoms. The predicted molar refractivity (Wildman–Crippen MR) is 119 cm³/mol. The van der Waals surface area contributed by atoms with Crippen molar-refractivity contribution in [3.63, 3.8) is 0 Å². The normalized spacial score (nSPS) is 16.7. The fourth-order valence-corrected chi connectivity index (χ4v) is 4.38. The third-order valence-corrected chi connectivity index (χ3v) is 6.92. The number of ether oxygens (including phenoxy) is 3. The predicted octanol–water partition coefficient (Wildman–Crippen LogP) is 1.81. The first kappa shape index (κ1) is 23.6. The zero-order valence-corrected chi connectivity index (χ0v) is 19.1. The van der Waals surface area contributed by atoms with Crippen molar-refractivity contribution in [2.45, 2.75) is 11.8 Å². The van der Waals surface area contributed by atoms with Crippen LogP contribution < -0.4 is 9.80 Å². The number of anilines is 2. The van der Waals surface area contributed by atoms with Gasteiger partial charge < -0.3 is 24.0 Å². The van der Waals surface area contributed by atoms with Gasteiger partial charge in [-0.05, 0) is 30.4 Å². The number of carbonyl (C=O) groups is 2. The van der Waals surface area contributed by atoms with Crippen molar-refractivity contribution >= 4 is 33.2 Å². The summed E-state index contributed by atoms with van der Waals surface area (Å²) in [4.78, 5) is 28.9. The standard InChI is InChI=1S/C22H26N2O7S/c1-4-32(27,28)16-8-9-18(23-11-13-31-14-12-23)19(15-16)24-10-6-5-7-17(21(25)29-2)20(24)22(26)30-3/h5-10,15H,4,11-14H2,1-3H3. The second-order valence-corrected chi connectivity index (χ2v) is 9.25. The summed E-state index contributed by atoms with van der Waals surface area (Å²) >= 11 is 0. The van der Waals surface area contributed by atoms with Gasteiger partial charge in [0, 0.05) is 19.3 Å². The average molecular weight is 463 g/mol. The van der Waals surface area contributed by atoms with Gasteiger partial charge in [0.15, 0.2) is 9.84 Å². The molecule has 2 aliphatic rings. The summed E-state index contributed by atoms with van der Waals surface area (Å²) in [5, 5.41) is 0. The lowest BCUT2D eigenvalue weighted by Crippen LogP contribution is -2.37. The quantitative estimate of drug-likeness (QED) is 0.586. The van der Waals surface area contributed by atoms with Gasteiger partial charge in [-0.25, -0.2) is 18.0 Å². The minimum absolute atomic E-state index is 0.0129. The van der Waals surface area contributed by atoms with Crippen molar-refractivity contribution < 1.29 is 32.2 Å². The van der Waals surface area contributed by atoms with Gasteiger partial charge in [0.2, 0.25) is 0 Å². The van der Waals surface area contributed by atoms with Crippen LogP contribution in [-0.4, -0.2) is 66.6 Å². The molecule has 0 spiro atoms. The highest BCUT2D eigenvalue weighted by Crippen LogP contribution is 2.37. The number of methoxy groups -OCH3 is 2. The Balaban J connectivity index is 2.28. The molecule has 1 aromatic rings. The van der Waals surface area contributed by atoms with Crippen molar-refractivity contribution in [2.75, 3.05) is 56.1 Å². The second-order valence-electron chi connectivity index (χ2n) is 6.97. The number of sulfone groups is 1. The van der Waals surface area contributed by atoms with Crippen LogP contribution in [0.25, 0.3) is 0 Å². The Morgan fingerprint density at radius 1 is 1.03 bits per heavy atom. The smallest absolute Gasteiger partial charge is 0.355 e. The van der Waals surface area contributed by atoms with E-state index in [2.05, 4.69) is 0 Å². The maximum atomic E-state index is 12.8. The number of benzene rings is 1. The van der Waals surface area contributed by atoms with Gasteiger partial charge in [-0.2, -0.15) is 0 Å². The Morgan fingerprint density at radius 2 is 1.72 bits per heavy atom. The number of hydrogen-bond donors (Lipinski definition) is 0. The van der Waals surface area contributed by atoms with E-state index >= 15 is 0 Å². The summed E-state index contributed by atoms with van der Waals surface area (Å²) in [5.74, 6) is -1.56. The molecule has 3 rings (SSSR count). The van der Waals surface area contributed by atoms with Gasteiger partial charge in [-0.1, -0.05) is 13.0 Å². The summed E-state index contributed by atoms with van der Waals surface area (Å²) in [6.07, 6.45) is 6.27. The number of allylic oxidation sites excluding steroid dienone is 2. The SMILES string of the molecule is CCS(=O)(=O)c1ccc(N2CCOCC2)c(N2C=CC=CC(C(=O)OC)=C2C(=O)OC)c1. The molecule has 0 aliphatic carbocycles. The van der Waals surface area contributed by atoms with Crippen molar-refractivity contribution in [1.82, 2.24) is 0 Å². The topological polar surface area (TPSA) is 102 Å². The van der Waals surface area contributed by atoms with Crippen LogP contribution in [-0.2, 0) is 33.6 Å². The summed E-state index contributed by atoms with van der Waals surface area (Å²) in [7, 11) is -1.10. The van der Waals surface area contributed by atoms with Gasteiger partial charge in [0.25, 0.3) is 0 Å². The van der Waals surface area contributed by atoms with Gasteiger partial charge in [-0.3, -0.25) is 0 Å². The van der Waals surface area contributed by atoms with Crippen molar-refractivity contribution in [1.29, 1.82) is 0 Å². The first-order valence-electron chi connectivity index (χ1n) is 10.1. The highest BCUT2D eigenvalue weighted by Gasteiger charge is 2.30. The van der Waals surface area contributed by atoms with E-state index in [9.17, 15) is 18.0 Å². The third-order valence-electron chi connectivity index (χ3n) is 5.19. The molecule has 0 bridgehead atoms. The highest BCUT2D eigenvalue weighted by molar-refractivity contribution is 7.91. The number of rotatable bonds is 6. The van der Waals surface area contributed by atoms with Gasteiger partial charge in [0.05, 0.1) is 55.0 Å².